The third kappa shape index (κ3) is 1.62. The number of para-hydroxylation sites is 1. The first kappa shape index (κ1) is 6.98. The van der Waals surface area contributed by atoms with Gasteiger partial charge in [0.15, 0.2) is 0 Å². The largest absolute Gasteiger partial charge is 0.870 e. The van der Waals surface area contributed by atoms with Gasteiger partial charge in [-0.2, -0.15) is 0 Å². The highest BCUT2D eigenvalue weighted by Gasteiger charge is 1.74. The van der Waals surface area contributed by atoms with Crippen LogP contribution < -0.4 is 0 Å². The smallest absolute Gasteiger partial charge is 0.115 e. The topological polar surface area (TPSA) is 50.2 Å². The van der Waals surface area contributed by atoms with Crippen LogP contribution in [0.15, 0.2) is 30.3 Å². The molecule has 2 N–H and O–H groups in total. The van der Waals surface area contributed by atoms with E-state index in [2.05, 4.69) is 0 Å². The van der Waals surface area contributed by atoms with Crippen LogP contribution in [0.25, 0.3) is 0 Å². The summed E-state index contributed by atoms with van der Waals surface area (Å²) in [5, 5.41) is 8.63. The predicted molar refractivity (Wildman–Crippen MR) is 30.0 cm³/mol. The minimum atomic E-state index is 0. The third-order valence-corrected chi connectivity index (χ3v) is 0.756. The second kappa shape index (κ2) is 3.04. The first-order valence-corrected chi connectivity index (χ1v) is 2.13. The molecule has 0 atom stereocenters. The predicted octanol–water partition coefficient (Wildman–Crippen LogP) is 1.22. The Hall–Kier alpha value is -1.02. The summed E-state index contributed by atoms with van der Waals surface area (Å²) in [6, 6.07) is 8.71. The molecule has 0 aliphatic rings. The lowest BCUT2D eigenvalue weighted by Crippen LogP contribution is -1.56. The molecule has 1 aromatic carbocycles. The van der Waals surface area contributed by atoms with Gasteiger partial charge < -0.3 is 10.6 Å². The minimum Gasteiger partial charge on any atom is -0.870 e. The van der Waals surface area contributed by atoms with Crippen LogP contribution in [0.4, 0.5) is 0 Å². The summed E-state index contributed by atoms with van der Waals surface area (Å²) in [5.74, 6) is 0.322. The lowest BCUT2D eigenvalue weighted by Gasteiger charge is -1.82. The maximum absolute atomic E-state index is 8.63. The molecule has 0 heterocycles. The van der Waals surface area contributed by atoms with Crippen LogP contribution in [0.3, 0.4) is 0 Å². The Bertz CT molecular complexity index is 136. The second-order valence-corrected chi connectivity index (χ2v) is 1.34. The quantitative estimate of drug-likeness (QED) is 0.547. The van der Waals surface area contributed by atoms with Crippen LogP contribution in [0.2, 0.25) is 0 Å². The number of benzene rings is 1. The standard InChI is InChI=1S/C6H6O.H2O/c7-6-4-2-1-3-5-6;/h1-5,7H;1H2/p-1. The van der Waals surface area contributed by atoms with Crippen molar-refractivity contribution in [2.24, 2.45) is 0 Å². The third-order valence-electron chi connectivity index (χ3n) is 0.756. The molecular formula is C6H7O2-. The van der Waals surface area contributed by atoms with Crippen LogP contribution in [0, 0.1) is 0 Å². The van der Waals surface area contributed by atoms with Crippen molar-refractivity contribution in [2.75, 3.05) is 0 Å². The van der Waals surface area contributed by atoms with Crippen molar-refractivity contribution in [3.8, 4) is 5.75 Å². The van der Waals surface area contributed by atoms with Gasteiger partial charge in [0.25, 0.3) is 0 Å². The molecule has 2 nitrogen and oxygen atoms in total. The normalized spacial score (nSPS) is 7.50. The van der Waals surface area contributed by atoms with E-state index in [0.29, 0.717) is 5.75 Å². The fraction of sp³-hybridized carbons (Fsp3) is 0. The maximum Gasteiger partial charge on any atom is 0.115 e. The average Bonchev–Trinajstić information content (AvgIpc) is 1.69. The number of hydrogen-bond donors (Lipinski definition) is 1. The van der Waals surface area contributed by atoms with Crippen molar-refractivity contribution in [2.45, 2.75) is 0 Å². The summed E-state index contributed by atoms with van der Waals surface area (Å²) >= 11 is 0. The van der Waals surface area contributed by atoms with E-state index < -0.39 is 0 Å². The molecule has 0 aliphatic heterocycles. The van der Waals surface area contributed by atoms with Gasteiger partial charge in [-0.3, -0.25) is 0 Å². The second-order valence-electron chi connectivity index (χ2n) is 1.34. The van der Waals surface area contributed by atoms with Gasteiger partial charge >= 0.3 is 0 Å². The molecule has 0 fully saturated rings. The van der Waals surface area contributed by atoms with Crippen LogP contribution >= 0.6 is 0 Å². The summed E-state index contributed by atoms with van der Waals surface area (Å²) in [5.41, 5.74) is 0. The molecule has 1 rings (SSSR count). The summed E-state index contributed by atoms with van der Waals surface area (Å²) in [6.45, 7) is 0. The Morgan fingerprint density at radius 1 is 1.00 bits per heavy atom. The Morgan fingerprint density at radius 2 is 1.50 bits per heavy atom. The van der Waals surface area contributed by atoms with Gasteiger partial charge in [0.2, 0.25) is 0 Å². The summed E-state index contributed by atoms with van der Waals surface area (Å²) in [6.07, 6.45) is 0. The first-order valence-electron chi connectivity index (χ1n) is 2.13. The van der Waals surface area contributed by atoms with Gasteiger partial charge in [-0.1, -0.05) is 18.2 Å². The molecule has 2 heteroatoms. The van der Waals surface area contributed by atoms with Crippen LogP contribution in [0.5, 0.6) is 5.75 Å². The highest BCUT2D eigenvalue weighted by molar-refractivity contribution is 5.18. The zero-order valence-electron chi connectivity index (χ0n) is 4.28. The zero-order chi connectivity index (χ0) is 5.11. The Kier molecular flexibility index (Phi) is 2.66. The summed E-state index contributed by atoms with van der Waals surface area (Å²) in [7, 11) is 0. The lowest BCUT2D eigenvalue weighted by atomic mass is 10.3. The summed E-state index contributed by atoms with van der Waals surface area (Å²) in [4.78, 5) is 0. The fourth-order valence-corrected chi connectivity index (χ4v) is 0.428. The van der Waals surface area contributed by atoms with Crippen molar-refractivity contribution in [3.63, 3.8) is 0 Å². The van der Waals surface area contributed by atoms with Crippen LogP contribution in [-0.2, 0) is 0 Å². The van der Waals surface area contributed by atoms with E-state index in [9.17, 15) is 0 Å². The van der Waals surface area contributed by atoms with Crippen molar-refractivity contribution in [1.82, 2.24) is 0 Å². The fourth-order valence-electron chi connectivity index (χ4n) is 0.428. The number of hydrogen-bond acceptors (Lipinski definition) is 2. The highest BCUT2D eigenvalue weighted by atomic mass is 16.3. The van der Waals surface area contributed by atoms with Crippen molar-refractivity contribution >= 4 is 0 Å². The van der Waals surface area contributed by atoms with E-state index >= 15 is 0 Å². The molecule has 0 saturated carbocycles. The Morgan fingerprint density at radius 3 is 1.75 bits per heavy atom. The zero-order valence-corrected chi connectivity index (χ0v) is 4.28. The van der Waals surface area contributed by atoms with Crippen molar-refractivity contribution in [1.29, 1.82) is 0 Å². The molecule has 0 radical (unpaired) electrons. The lowest BCUT2D eigenvalue weighted by molar-refractivity contribution is 0.475. The van der Waals surface area contributed by atoms with Crippen LogP contribution in [-0.4, -0.2) is 10.6 Å². The molecule has 0 saturated heterocycles. The number of phenols is 1. The van der Waals surface area contributed by atoms with E-state index in [4.69, 9.17) is 5.11 Å². The van der Waals surface area contributed by atoms with E-state index in [-0.39, 0.29) is 5.48 Å². The molecule has 0 unspecified atom stereocenters. The van der Waals surface area contributed by atoms with E-state index in [1.807, 2.05) is 6.07 Å². The van der Waals surface area contributed by atoms with Gasteiger partial charge in [-0.05, 0) is 12.1 Å². The molecule has 1 aromatic rings. The van der Waals surface area contributed by atoms with Crippen molar-refractivity contribution in [3.05, 3.63) is 30.3 Å². The number of rotatable bonds is 0. The molecule has 8 heavy (non-hydrogen) atoms. The monoisotopic (exact) mass is 111 g/mol. The SMILES string of the molecule is Oc1ccccc1.[OH-]. The van der Waals surface area contributed by atoms with E-state index in [1.165, 1.54) is 0 Å². The van der Waals surface area contributed by atoms with Crippen molar-refractivity contribution < 1.29 is 10.6 Å². The highest BCUT2D eigenvalue weighted by Crippen LogP contribution is 2.02. The average molecular weight is 111 g/mol. The van der Waals surface area contributed by atoms with E-state index in [0.717, 1.165) is 0 Å². The first-order chi connectivity index (χ1) is 3.39. The Balaban J connectivity index is 0.000000490. The van der Waals surface area contributed by atoms with Gasteiger partial charge in [-0.15, -0.1) is 0 Å². The maximum atomic E-state index is 8.63. The molecule has 0 bridgehead atoms. The molecule has 0 spiro atoms. The van der Waals surface area contributed by atoms with E-state index in [1.54, 1.807) is 24.3 Å². The molecule has 44 valence electrons. The van der Waals surface area contributed by atoms with Gasteiger partial charge in [-0.25, -0.2) is 0 Å². The van der Waals surface area contributed by atoms with Gasteiger partial charge in [0.1, 0.15) is 5.75 Å². The molecule has 0 amide bonds. The molecule has 0 aliphatic carbocycles. The molecular weight excluding hydrogens is 104 g/mol. The molecule has 0 aromatic heterocycles. The van der Waals surface area contributed by atoms with Gasteiger partial charge in [0, 0.05) is 0 Å². The number of phenolic OH excluding ortho intramolecular Hbond substituents is 1. The number of aromatic hydroxyl groups is 1. The minimum absolute atomic E-state index is 0. The van der Waals surface area contributed by atoms with Crippen LogP contribution in [0.1, 0.15) is 0 Å². The Labute approximate surface area is 47.7 Å². The van der Waals surface area contributed by atoms with Gasteiger partial charge in [0.05, 0.1) is 0 Å². The summed E-state index contributed by atoms with van der Waals surface area (Å²) < 4.78 is 0.